The summed E-state index contributed by atoms with van der Waals surface area (Å²) in [6.07, 6.45) is 7.86. The zero-order valence-corrected chi connectivity index (χ0v) is 9.65. The van der Waals surface area contributed by atoms with Crippen LogP contribution < -0.4 is 0 Å². The van der Waals surface area contributed by atoms with Gasteiger partial charge < -0.3 is 4.40 Å². The van der Waals surface area contributed by atoms with Crippen LogP contribution in [0.5, 0.6) is 0 Å². The number of nitrogens with zero attached hydrogens (tertiary/aromatic N) is 1. The molecule has 2 heteroatoms. The molecular formula is C14H17NO. The van der Waals surface area contributed by atoms with Crippen molar-refractivity contribution in [2.45, 2.75) is 32.6 Å². The van der Waals surface area contributed by atoms with E-state index in [1.54, 1.807) is 0 Å². The average Bonchev–Trinajstić information content (AvgIpc) is 2.73. The van der Waals surface area contributed by atoms with Gasteiger partial charge in [0, 0.05) is 29.9 Å². The summed E-state index contributed by atoms with van der Waals surface area (Å²) >= 11 is 0. The Hall–Kier alpha value is -1.57. The van der Waals surface area contributed by atoms with Crippen molar-refractivity contribution in [3.63, 3.8) is 0 Å². The molecule has 0 saturated carbocycles. The van der Waals surface area contributed by atoms with E-state index in [9.17, 15) is 4.79 Å². The maximum atomic E-state index is 11.9. The van der Waals surface area contributed by atoms with Crippen molar-refractivity contribution in [2.24, 2.45) is 0 Å². The van der Waals surface area contributed by atoms with Crippen LogP contribution in [0, 0.1) is 0 Å². The van der Waals surface area contributed by atoms with Crippen LogP contribution in [-0.4, -0.2) is 10.2 Å². The fourth-order valence-electron chi connectivity index (χ4n) is 1.89. The Morgan fingerprint density at radius 3 is 2.94 bits per heavy atom. The van der Waals surface area contributed by atoms with Crippen molar-refractivity contribution < 1.29 is 4.79 Å². The number of carbonyl (C=O) groups excluding carboxylic acids is 1. The Balaban J connectivity index is 2.11. The summed E-state index contributed by atoms with van der Waals surface area (Å²) in [5, 5.41) is 0. The SMILES string of the molecule is CCCCCC(=O)c1cc2ccccn2c1. The molecule has 0 aromatic carbocycles. The minimum absolute atomic E-state index is 0.261. The Morgan fingerprint density at radius 2 is 2.19 bits per heavy atom. The lowest BCUT2D eigenvalue weighted by atomic mass is 10.1. The molecule has 0 atom stereocenters. The quantitative estimate of drug-likeness (QED) is 0.550. The molecule has 0 aliphatic carbocycles. The van der Waals surface area contributed by atoms with Crippen molar-refractivity contribution >= 4 is 11.3 Å². The highest BCUT2D eigenvalue weighted by Gasteiger charge is 2.07. The fourth-order valence-corrected chi connectivity index (χ4v) is 1.89. The Morgan fingerprint density at radius 1 is 1.31 bits per heavy atom. The summed E-state index contributed by atoms with van der Waals surface area (Å²) in [4.78, 5) is 11.9. The lowest BCUT2D eigenvalue weighted by Crippen LogP contribution is -1.96. The number of hydrogen-bond acceptors (Lipinski definition) is 1. The Labute approximate surface area is 95.9 Å². The van der Waals surface area contributed by atoms with Gasteiger partial charge in [-0.1, -0.05) is 25.8 Å². The van der Waals surface area contributed by atoms with E-state index >= 15 is 0 Å². The maximum Gasteiger partial charge on any atom is 0.164 e. The molecule has 0 amide bonds. The van der Waals surface area contributed by atoms with Gasteiger partial charge in [-0.3, -0.25) is 4.79 Å². The second-order valence-electron chi connectivity index (χ2n) is 4.14. The number of pyridine rings is 1. The van der Waals surface area contributed by atoms with E-state index in [-0.39, 0.29) is 5.78 Å². The number of hydrogen-bond donors (Lipinski definition) is 0. The lowest BCUT2D eigenvalue weighted by Gasteiger charge is -1.96. The zero-order valence-electron chi connectivity index (χ0n) is 9.65. The van der Waals surface area contributed by atoms with Crippen LogP contribution in [0.4, 0.5) is 0 Å². The van der Waals surface area contributed by atoms with Gasteiger partial charge in [0.1, 0.15) is 0 Å². The first-order chi connectivity index (χ1) is 7.81. The smallest absolute Gasteiger partial charge is 0.164 e. The third kappa shape index (κ3) is 2.32. The highest BCUT2D eigenvalue weighted by atomic mass is 16.1. The van der Waals surface area contributed by atoms with Gasteiger partial charge in [0.05, 0.1) is 0 Å². The van der Waals surface area contributed by atoms with Crippen molar-refractivity contribution in [3.05, 3.63) is 42.2 Å². The molecule has 2 aromatic rings. The van der Waals surface area contributed by atoms with Gasteiger partial charge in [0.15, 0.2) is 5.78 Å². The highest BCUT2D eigenvalue weighted by molar-refractivity contribution is 5.97. The predicted molar refractivity (Wildman–Crippen MR) is 65.9 cm³/mol. The summed E-state index contributed by atoms with van der Waals surface area (Å²) < 4.78 is 1.99. The van der Waals surface area contributed by atoms with E-state index in [1.807, 2.05) is 41.1 Å². The molecule has 2 aromatic heterocycles. The molecule has 2 rings (SSSR count). The molecule has 0 spiro atoms. The van der Waals surface area contributed by atoms with E-state index in [0.29, 0.717) is 6.42 Å². The van der Waals surface area contributed by atoms with Crippen LogP contribution in [0.1, 0.15) is 43.0 Å². The maximum absolute atomic E-state index is 11.9. The first-order valence-corrected chi connectivity index (χ1v) is 5.91. The highest BCUT2D eigenvalue weighted by Crippen LogP contribution is 2.13. The van der Waals surface area contributed by atoms with E-state index < -0.39 is 0 Å². The summed E-state index contributed by atoms with van der Waals surface area (Å²) in [6.45, 7) is 2.15. The van der Waals surface area contributed by atoms with Crippen LogP contribution in [0.15, 0.2) is 36.7 Å². The largest absolute Gasteiger partial charge is 0.323 e. The predicted octanol–water partition coefficient (Wildman–Crippen LogP) is 3.70. The molecule has 0 radical (unpaired) electrons. The molecule has 2 heterocycles. The van der Waals surface area contributed by atoms with E-state index in [0.717, 1.165) is 30.3 Å². The van der Waals surface area contributed by atoms with Crippen LogP contribution in [0.2, 0.25) is 0 Å². The summed E-state index contributed by atoms with van der Waals surface area (Å²) in [6, 6.07) is 7.94. The van der Waals surface area contributed by atoms with E-state index in [4.69, 9.17) is 0 Å². The molecular weight excluding hydrogens is 198 g/mol. The molecule has 16 heavy (non-hydrogen) atoms. The standard InChI is InChI=1S/C14H17NO/c1-2-3-4-8-14(16)12-10-13-7-5-6-9-15(13)11-12/h5-7,9-11H,2-4,8H2,1H3. The molecule has 0 aliphatic rings. The normalized spacial score (nSPS) is 10.8. The Bertz CT molecular complexity index is 451. The third-order valence-electron chi connectivity index (χ3n) is 2.83. The van der Waals surface area contributed by atoms with Gasteiger partial charge in [0.25, 0.3) is 0 Å². The second kappa shape index (κ2) is 4.97. The molecule has 84 valence electrons. The van der Waals surface area contributed by atoms with Crippen molar-refractivity contribution in [2.75, 3.05) is 0 Å². The lowest BCUT2D eigenvalue weighted by molar-refractivity contribution is 0.0979. The van der Waals surface area contributed by atoms with E-state index in [2.05, 4.69) is 6.92 Å². The van der Waals surface area contributed by atoms with Gasteiger partial charge in [-0.2, -0.15) is 0 Å². The minimum Gasteiger partial charge on any atom is -0.323 e. The number of fused-ring (bicyclic) bond motifs is 1. The fraction of sp³-hybridized carbons (Fsp3) is 0.357. The van der Waals surface area contributed by atoms with Gasteiger partial charge in [-0.25, -0.2) is 0 Å². The second-order valence-corrected chi connectivity index (χ2v) is 4.14. The molecule has 0 fully saturated rings. The number of rotatable bonds is 5. The molecule has 0 N–H and O–H groups in total. The monoisotopic (exact) mass is 215 g/mol. The third-order valence-corrected chi connectivity index (χ3v) is 2.83. The number of unbranched alkanes of at least 4 members (excludes halogenated alkanes) is 2. The topological polar surface area (TPSA) is 21.5 Å². The molecule has 0 aliphatic heterocycles. The van der Waals surface area contributed by atoms with Gasteiger partial charge in [-0.05, 0) is 24.6 Å². The van der Waals surface area contributed by atoms with E-state index in [1.165, 1.54) is 0 Å². The van der Waals surface area contributed by atoms with Gasteiger partial charge in [-0.15, -0.1) is 0 Å². The zero-order chi connectivity index (χ0) is 11.4. The summed E-state index contributed by atoms with van der Waals surface area (Å²) in [5.74, 6) is 0.261. The number of Topliss-reactive ketones (excluding diaryl/α,β-unsaturated/α-hetero) is 1. The molecule has 0 bridgehead atoms. The van der Waals surface area contributed by atoms with Crippen LogP contribution in [0.25, 0.3) is 5.52 Å². The molecule has 2 nitrogen and oxygen atoms in total. The van der Waals surface area contributed by atoms with Crippen LogP contribution in [0.3, 0.4) is 0 Å². The van der Waals surface area contributed by atoms with Gasteiger partial charge >= 0.3 is 0 Å². The van der Waals surface area contributed by atoms with Gasteiger partial charge in [0.2, 0.25) is 0 Å². The minimum atomic E-state index is 0.261. The summed E-state index contributed by atoms with van der Waals surface area (Å²) in [7, 11) is 0. The molecule has 0 unspecified atom stereocenters. The van der Waals surface area contributed by atoms with Crippen molar-refractivity contribution in [3.8, 4) is 0 Å². The van der Waals surface area contributed by atoms with Crippen LogP contribution in [-0.2, 0) is 0 Å². The Kier molecular flexibility index (Phi) is 3.40. The van der Waals surface area contributed by atoms with Crippen molar-refractivity contribution in [1.82, 2.24) is 4.40 Å². The average molecular weight is 215 g/mol. The number of aromatic nitrogens is 1. The van der Waals surface area contributed by atoms with Crippen LogP contribution >= 0.6 is 0 Å². The summed E-state index contributed by atoms with van der Waals surface area (Å²) in [5.41, 5.74) is 1.92. The molecule has 0 saturated heterocycles. The first kappa shape index (κ1) is 10.9. The number of carbonyl (C=O) groups is 1. The van der Waals surface area contributed by atoms with Crippen molar-refractivity contribution in [1.29, 1.82) is 0 Å². The number of ketones is 1. The first-order valence-electron chi connectivity index (χ1n) is 5.91.